The largest absolute Gasteiger partial charge is 0.358 e. The third kappa shape index (κ3) is 4.05. The lowest BCUT2D eigenvalue weighted by atomic mass is 10.4. The van der Waals surface area contributed by atoms with Crippen molar-refractivity contribution in [2.75, 3.05) is 11.1 Å². The summed E-state index contributed by atoms with van der Waals surface area (Å²) in [5.41, 5.74) is 1.02. The molecule has 104 valence electrons. The fraction of sp³-hybridized carbons (Fsp3) is 0.545. The summed E-state index contributed by atoms with van der Waals surface area (Å²) >= 11 is 4.44. The van der Waals surface area contributed by atoms with Crippen LogP contribution in [0.3, 0.4) is 0 Å². The van der Waals surface area contributed by atoms with Gasteiger partial charge in [0.15, 0.2) is 4.34 Å². The molecule has 8 heteroatoms. The zero-order chi connectivity index (χ0) is 13.8. The maximum absolute atomic E-state index is 11.5. The molecule has 0 aliphatic rings. The molecule has 0 amide bonds. The van der Waals surface area contributed by atoms with Crippen molar-refractivity contribution in [1.82, 2.24) is 14.8 Å². The summed E-state index contributed by atoms with van der Waals surface area (Å²) in [4.78, 5) is 11.7. The van der Waals surface area contributed by atoms with E-state index in [1.807, 2.05) is 12.3 Å². The molecule has 2 aromatic heterocycles. The van der Waals surface area contributed by atoms with E-state index in [9.17, 15) is 4.79 Å². The topological polar surface area (TPSA) is 59.8 Å². The van der Waals surface area contributed by atoms with Gasteiger partial charge in [-0.1, -0.05) is 34.4 Å². The highest BCUT2D eigenvalue weighted by molar-refractivity contribution is 8.01. The maximum Gasteiger partial charge on any atom is 0.307 e. The smallest absolute Gasteiger partial charge is 0.307 e. The molecule has 0 aliphatic carbocycles. The van der Waals surface area contributed by atoms with E-state index >= 15 is 0 Å². The quantitative estimate of drug-likeness (QED) is 0.830. The molecule has 2 aromatic rings. The molecule has 0 fully saturated rings. The predicted octanol–water partition coefficient (Wildman–Crippen LogP) is 2.68. The Balaban J connectivity index is 1.86. The Morgan fingerprint density at radius 2 is 2.26 bits per heavy atom. The molecule has 0 spiro atoms. The van der Waals surface area contributed by atoms with E-state index in [1.54, 1.807) is 27.7 Å². The van der Waals surface area contributed by atoms with Crippen molar-refractivity contribution in [1.29, 1.82) is 0 Å². The molecule has 0 saturated carbocycles. The monoisotopic (exact) mass is 316 g/mol. The molecule has 1 N–H and O–H groups in total. The lowest BCUT2D eigenvalue weighted by Crippen LogP contribution is -2.15. The van der Waals surface area contributed by atoms with E-state index in [4.69, 9.17) is 0 Å². The normalized spacial score (nSPS) is 11.2. The molecular weight excluding hydrogens is 300 g/mol. The van der Waals surface area contributed by atoms with E-state index in [2.05, 4.69) is 29.4 Å². The summed E-state index contributed by atoms with van der Waals surface area (Å²) in [5, 5.41) is 14.2. The van der Waals surface area contributed by atoms with Gasteiger partial charge in [-0.05, 0) is 20.8 Å². The van der Waals surface area contributed by atoms with Gasteiger partial charge < -0.3 is 9.88 Å². The summed E-state index contributed by atoms with van der Waals surface area (Å²) < 4.78 is 2.73. The van der Waals surface area contributed by atoms with Crippen LogP contribution in [0.1, 0.15) is 19.5 Å². The Labute approximate surface area is 124 Å². The lowest BCUT2D eigenvalue weighted by Gasteiger charge is -2.03. The number of anilines is 1. The fourth-order valence-corrected chi connectivity index (χ4v) is 4.13. The van der Waals surface area contributed by atoms with Crippen LogP contribution >= 0.6 is 34.4 Å². The number of aromatic nitrogens is 3. The molecule has 0 aliphatic heterocycles. The van der Waals surface area contributed by atoms with Crippen LogP contribution in [0.5, 0.6) is 0 Å². The molecule has 5 nitrogen and oxygen atoms in total. The summed E-state index contributed by atoms with van der Waals surface area (Å²) in [6.45, 7) is 6.81. The number of nitrogens with zero attached hydrogens (tertiary/aromatic N) is 3. The van der Waals surface area contributed by atoms with Crippen molar-refractivity contribution in [2.24, 2.45) is 0 Å². The van der Waals surface area contributed by atoms with E-state index < -0.39 is 0 Å². The molecule has 0 radical (unpaired) electrons. The molecule has 0 bridgehead atoms. The minimum absolute atomic E-state index is 0.109. The number of thiazole rings is 1. The molecule has 2 heterocycles. The Morgan fingerprint density at radius 1 is 1.47 bits per heavy atom. The second kappa shape index (κ2) is 6.53. The molecular formula is C11H16N4OS3. The van der Waals surface area contributed by atoms with Crippen molar-refractivity contribution < 1.29 is 0 Å². The van der Waals surface area contributed by atoms with Crippen LogP contribution in [0.2, 0.25) is 0 Å². The lowest BCUT2D eigenvalue weighted by molar-refractivity contribution is 0.730. The highest BCUT2D eigenvalue weighted by atomic mass is 32.2. The second-order valence-electron chi connectivity index (χ2n) is 4.32. The van der Waals surface area contributed by atoms with Crippen molar-refractivity contribution in [3.63, 3.8) is 0 Å². The third-order valence-corrected chi connectivity index (χ3v) is 5.18. The zero-order valence-electron chi connectivity index (χ0n) is 11.0. The van der Waals surface area contributed by atoms with Crippen LogP contribution in [-0.2, 0) is 6.54 Å². The number of aryl methyl sites for hydroxylation is 1. The molecule has 0 unspecified atom stereocenters. The van der Waals surface area contributed by atoms with Crippen LogP contribution in [0.25, 0.3) is 0 Å². The summed E-state index contributed by atoms with van der Waals surface area (Å²) in [6, 6.07) is 0.359. The van der Waals surface area contributed by atoms with Crippen LogP contribution < -0.4 is 10.2 Å². The van der Waals surface area contributed by atoms with E-state index in [0.717, 1.165) is 20.9 Å². The Hall–Kier alpha value is -0.860. The van der Waals surface area contributed by atoms with Gasteiger partial charge in [0.25, 0.3) is 0 Å². The van der Waals surface area contributed by atoms with Gasteiger partial charge >= 0.3 is 4.87 Å². The number of hydrogen-bond donors (Lipinski definition) is 1. The van der Waals surface area contributed by atoms with Gasteiger partial charge in [-0.3, -0.25) is 4.79 Å². The van der Waals surface area contributed by atoms with Crippen molar-refractivity contribution in [2.45, 2.75) is 37.7 Å². The van der Waals surface area contributed by atoms with Gasteiger partial charge in [0, 0.05) is 29.4 Å². The molecule has 2 rings (SSSR count). The van der Waals surface area contributed by atoms with Gasteiger partial charge in [-0.25, -0.2) is 0 Å². The number of nitrogens with one attached hydrogen (secondary N) is 1. The fourth-order valence-electron chi connectivity index (χ4n) is 1.47. The predicted molar refractivity (Wildman–Crippen MR) is 82.7 cm³/mol. The van der Waals surface area contributed by atoms with Crippen LogP contribution in [0.15, 0.2) is 14.5 Å². The maximum atomic E-state index is 11.5. The molecule has 0 atom stereocenters. The van der Waals surface area contributed by atoms with Crippen LogP contribution in [0.4, 0.5) is 5.13 Å². The summed E-state index contributed by atoms with van der Waals surface area (Å²) in [6.07, 6.45) is 0. The van der Waals surface area contributed by atoms with Gasteiger partial charge in [0.1, 0.15) is 0 Å². The number of thioether (sulfide) groups is 1. The van der Waals surface area contributed by atoms with Gasteiger partial charge in [-0.15, -0.1) is 10.2 Å². The molecule has 19 heavy (non-hydrogen) atoms. The Kier molecular flexibility index (Phi) is 5.00. The number of hydrogen-bond acceptors (Lipinski definition) is 7. The highest BCUT2D eigenvalue weighted by Gasteiger charge is 2.07. The standard InChI is InChI=1S/C11H16N4OS3/c1-7(2)12-9-13-14-10(19-9)17-5-4-15-8(3)6-18-11(15)16/h6-7H,4-5H2,1-3H3,(H,12,13). The van der Waals surface area contributed by atoms with Gasteiger partial charge in [-0.2, -0.15) is 0 Å². The molecule has 0 saturated heterocycles. The van der Waals surface area contributed by atoms with E-state index in [0.29, 0.717) is 12.6 Å². The SMILES string of the molecule is Cc1csc(=O)n1CCSc1nnc(NC(C)C)s1. The number of rotatable bonds is 6. The van der Waals surface area contributed by atoms with Crippen LogP contribution in [-0.4, -0.2) is 26.6 Å². The summed E-state index contributed by atoms with van der Waals surface area (Å²) in [5.74, 6) is 0.827. The Morgan fingerprint density at radius 3 is 2.89 bits per heavy atom. The first-order valence-electron chi connectivity index (χ1n) is 5.94. The first-order chi connectivity index (χ1) is 9.06. The van der Waals surface area contributed by atoms with E-state index in [-0.39, 0.29) is 4.87 Å². The summed E-state index contributed by atoms with van der Waals surface area (Å²) in [7, 11) is 0. The van der Waals surface area contributed by atoms with Crippen molar-refractivity contribution in [3.05, 3.63) is 20.7 Å². The molecule has 0 aromatic carbocycles. The zero-order valence-corrected chi connectivity index (χ0v) is 13.5. The first-order valence-corrected chi connectivity index (χ1v) is 8.62. The van der Waals surface area contributed by atoms with Crippen molar-refractivity contribution in [3.8, 4) is 0 Å². The minimum Gasteiger partial charge on any atom is -0.358 e. The first kappa shape index (κ1) is 14.5. The average molecular weight is 316 g/mol. The Bertz CT molecular complexity index is 587. The van der Waals surface area contributed by atoms with Crippen LogP contribution in [0, 0.1) is 6.92 Å². The van der Waals surface area contributed by atoms with Gasteiger partial charge in [0.2, 0.25) is 5.13 Å². The van der Waals surface area contributed by atoms with Gasteiger partial charge in [0.05, 0.1) is 0 Å². The van der Waals surface area contributed by atoms with E-state index in [1.165, 1.54) is 11.3 Å². The third-order valence-electron chi connectivity index (χ3n) is 2.34. The minimum atomic E-state index is 0.109. The van der Waals surface area contributed by atoms with Crippen molar-refractivity contribution >= 4 is 39.6 Å². The second-order valence-corrected chi connectivity index (χ2v) is 7.46. The highest BCUT2D eigenvalue weighted by Crippen LogP contribution is 2.25. The average Bonchev–Trinajstić information content (AvgIpc) is 2.89.